The molecule has 0 aromatic heterocycles. The van der Waals surface area contributed by atoms with Crippen molar-refractivity contribution in [3.05, 3.63) is 0 Å². The van der Waals surface area contributed by atoms with Gasteiger partial charge in [0.15, 0.2) is 11.6 Å². The van der Waals surface area contributed by atoms with Crippen molar-refractivity contribution in [1.82, 2.24) is 9.80 Å². The maximum atomic E-state index is 12.6. The molecule has 1 saturated heterocycles. The van der Waals surface area contributed by atoms with E-state index in [1.807, 2.05) is 6.92 Å². The number of nitrogens with zero attached hydrogens (tertiary/aromatic N) is 3. The number of urea groups is 1. The van der Waals surface area contributed by atoms with Crippen LogP contribution >= 0.6 is 0 Å². The Labute approximate surface area is 131 Å². The number of likely N-dealkylation sites (tertiary alicyclic amines) is 1. The Morgan fingerprint density at radius 3 is 2.50 bits per heavy atom. The van der Waals surface area contributed by atoms with Gasteiger partial charge in [0.25, 0.3) is 0 Å². The summed E-state index contributed by atoms with van der Waals surface area (Å²) in [7, 11) is 3.18. The number of hydrogen-bond acceptors (Lipinski definition) is 5. The van der Waals surface area contributed by atoms with Gasteiger partial charge in [0, 0.05) is 14.1 Å². The summed E-state index contributed by atoms with van der Waals surface area (Å²) in [6, 6.07) is -0.993. The van der Waals surface area contributed by atoms with E-state index in [1.54, 1.807) is 27.9 Å². The van der Waals surface area contributed by atoms with Crippen LogP contribution in [0.1, 0.15) is 33.6 Å². The monoisotopic (exact) mass is 311 g/mol. The van der Waals surface area contributed by atoms with Gasteiger partial charge in [-0.05, 0) is 20.3 Å². The minimum Gasteiger partial charge on any atom is -0.396 e. The molecular formula is C15H25N3O4. The van der Waals surface area contributed by atoms with Crippen LogP contribution in [0.5, 0.6) is 0 Å². The van der Waals surface area contributed by atoms with E-state index < -0.39 is 12.0 Å². The van der Waals surface area contributed by atoms with Gasteiger partial charge in [-0.3, -0.25) is 9.59 Å². The molecule has 1 heterocycles. The number of carbonyl (C=O) groups excluding carboxylic acids is 3. The predicted octanol–water partition coefficient (Wildman–Crippen LogP) is 1.32. The fraction of sp³-hybridized carbons (Fsp3) is 0.733. The lowest BCUT2D eigenvalue weighted by Crippen LogP contribution is -2.59. The third kappa shape index (κ3) is 3.84. The standard InChI is InChI=1S/C15H25N3O4/c1-6-8-11(16-22-7-2)13-12(19)9-18(10(3)14(13)20)15(21)17(4)5/h10,13H,6-9H2,1-5H3/b16-11+. The second kappa shape index (κ2) is 7.91. The van der Waals surface area contributed by atoms with Gasteiger partial charge in [-0.15, -0.1) is 0 Å². The van der Waals surface area contributed by atoms with Crippen molar-refractivity contribution in [2.75, 3.05) is 27.2 Å². The van der Waals surface area contributed by atoms with E-state index in [0.717, 1.165) is 6.42 Å². The van der Waals surface area contributed by atoms with Crippen molar-refractivity contribution in [3.63, 3.8) is 0 Å². The molecule has 0 radical (unpaired) electrons. The highest BCUT2D eigenvalue weighted by molar-refractivity contribution is 6.24. The first-order chi connectivity index (χ1) is 10.3. The Hall–Kier alpha value is -1.92. The van der Waals surface area contributed by atoms with Crippen LogP contribution in [0.3, 0.4) is 0 Å². The Bertz CT molecular complexity index is 473. The first-order valence-corrected chi connectivity index (χ1v) is 7.58. The predicted molar refractivity (Wildman–Crippen MR) is 82.7 cm³/mol. The molecule has 0 aromatic rings. The van der Waals surface area contributed by atoms with Gasteiger partial charge in [-0.2, -0.15) is 0 Å². The summed E-state index contributed by atoms with van der Waals surface area (Å²) in [5.41, 5.74) is 0.461. The molecule has 1 rings (SSSR count). The first-order valence-electron chi connectivity index (χ1n) is 7.58. The quantitative estimate of drug-likeness (QED) is 0.436. The van der Waals surface area contributed by atoms with Crippen LogP contribution in [-0.4, -0.2) is 66.4 Å². The lowest BCUT2D eigenvalue weighted by atomic mass is 9.84. The van der Waals surface area contributed by atoms with E-state index in [9.17, 15) is 14.4 Å². The summed E-state index contributed by atoms with van der Waals surface area (Å²) in [5, 5.41) is 3.96. The Kier molecular flexibility index (Phi) is 6.52. The zero-order valence-corrected chi connectivity index (χ0v) is 14.0. The highest BCUT2D eigenvalue weighted by Gasteiger charge is 2.44. The number of ketones is 2. The average molecular weight is 311 g/mol. The molecule has 0 aliphatic carbocycles. The molecule has 1 aliphatic heterocycles. The van der Waals surface area contributed by atoms with Crippen LogP contribution in [0.15, 0.2) is 5.16 Å². The van der Waals surface area contributed by atoms with Crippen molar-refractivity contribution in [2.24, 2.45) is 11.1 Å². The summed E-state index contributed by atoms with van der Waals surface area (Å²) in [6.07, 6.45) is 1.29. The molecule has 2 amide bonds. The molecule has 2 unspecified atom stereocenters. The number of Topliss-reactive ketones (excluding diaryl/α,β-unsaturated/α-hetero) is 2. The van der Waals surface area contributed by atoms with Crippen LogP contribution in [0.4, 0.5) is 4.79 Å². The van der Waals surface area contributed by atoms with Gasteiger partial charge < -0.3 is 14.6 Å². The van der Waals surface area contributed by atoms with Gasteiger partial charge >= 0.3 is 6.03 Å². The van der Waals surface area contributed by atoms with E-state index in [-0.39, 0.29) is 24.1 Å². The number of amides is 2. The van der Waals surface area contributed by atoms with E-state index in [0.29, 0.717) is 18.7 Å². The van der Waals surface area contributed by atoms with Crippen molar-refractivity contribution in [2.45, 2.75) is 39.7 Å². The molecule has 0 bridgehead atoms. The van der Waals surface area contributed by atoms with E-state index >= 15 is 0 Å². The van der Waals surface area contributed by atoms with E-state index in [2.05, 4.69) is 5.16 Å². The summed E-state index contributed by atoms with van der Waals surface area (Å²) in [4.78, 5) is 44.7. The van der Waals surface area contributed by atoms with Crippen molar-refractivity contribution < 1.29 is 19.2 Å². The molecule has 0 aromatic carbocycles. The number of carbonyl (C=O) groups is 3. The normalized spacial score (nSPS) is 22.8. The minimum absolute atomic E-state index is 0.0799. The van der Waals surface area contributed by atoms with Gasteiger partial charge in [0.2, 0.25) is 0 Å². The lowest BCUT2D eigenvalue weighted by Gasteiger charge is -2.36. The average Bonchev–Trinajstić information content (AvgIpc) is 2.47. The third-order valence-corrected chi connectivity index (χ3v) is 3.59. The van der Waals surface area contributed by atoms with Gasteiger partial charge in [0.05, 0.1) is 18.3 Å². The van der Waals surface area contributed by atoms with Crippen molar-refractivity contribution >= 4 is 23.3 Å². The number of oxime groups is 1. The number of piperidine rings is 1. The van der Waals surface area contributed by atoms with Crippen LogP contribution in [0, 0.1) is 5.92 Å². The molecule has 22 heavy (non-hydrogen) atoms. The van der Waals surface area contributed by atoms with E-state index in [1.165, 1.54) is 9.80 Å². The number of hydrogen-bond donors (Lipinski definition) is 0. The fourth-order valence-electron chi connectivity index (χ4n) is 2.44. The minimum atomic E-state index is -0.896. The molecule has 1 fully saturated rings. The van der Waals surface area contributed by atoms with Gasteiger partial charge in [0.1, 0.15) is 12.5 Å². The maximum Gasteiger partial charge on any atom is 0.320 e. The molecule has 0 N–H and O–H groups in total. The third-order valence-electron chi connectivity index (χ3n) is 3.59. The lowest BCUT2D eigenvalue weighted by molar-refractivity contribution is -0.137. The zero-order chi connectivity index (χ0) is 16.9. The summed E-state index contributed by atoms with van der Waals surface area (Å²) in [6.45, 7) is 5.68. The summed E-state index contributed by atoms with van der Waals surface area (Å²) in [5.74, 6) is -1.49. The fourth-order valence-corrected chi connectivity index (χ4v) is 2.44. The van der Waals surface area contributed by atoms with E-state index in [4.69, 9.17) is 4.84 Å². The SMILES string of the molecule is CCC/C(=N\OCC)C1C(=O)CN(C(=O)N(C)C)C(C)C1=O. The van der Waals surface area contributed by atoms with Gasteiger partial charge in [-0.25, -0.2) is 4.79 Å². The summed E-state index contributed by atoms with van der Waals surface area (Å²) < 4.78 is 0. The van der Waals surface area contributed by atoms with Crippen molar-refractivity contribution in [3.8, 4) is 0 Å². The van der Waals surface area contributed by atoms with Gasteiger partial charge in [-0.1, -0.05) is 18.5 Å². The molecule has 0 saturated carbocycles. The largest absolute Gasteiger partial charge is 0.396 e. The second-order valence-electron chi connectivity index (χ2n) is 5.53. The second-order valence-corrected chi connectivity index (χ2v) is 5.53. The molecule has 0 spiro atoms. The molecule has 2 atom stereocenters. The molecule has 7 heteroatoms. The highest BCUT2D eigenvalue weighted by Crippen LogP contribution is 2.21. The Morgan fingerprint density at radius 1 is 1.36 bits per heavy atom. The topological polar surface area (TPSA) is 79.3 Å². The zero-order valence-electron chi connectivity index (χ0n) is 14.0. The number of rotatable bonds is 5. The van der Waals surface area contributed by atoms with Crippen LogP contribution in [0.25, 0.3) is 0 Å². The van der Waals surface area contributed by atoms with Crippen LogP contribution in [0.2, 0.25) is 0 Å². The molecular weight excluding hydrogens is 286 g/mol. The molecule has 124 valence electrons. The smallest absolute Gasteiger partial charge is 0.320 e. The molecule has 1 aliphatic rings. The Balaban J connectivity index is 3.03. The Morgan fingerprint density at radius 2 is 2.00 bits per heavy atom. The van der Waals surface area contributed by atoms with Crippen LogP contribution < -0.4 is 0 Å². The summed E-state index contributed by atoms with van der Waals surface area (Å²) >= 11 is 0. The van der Waals surface area contributed by atoms with Crippen LogP contribution in [-0.2, 0) is 14.4 Å². The molecule has 7 nitrogen and oxygen atoms in total. The van der Waals surface area contributed by atoms with Crippen molar-refractivity contribution in [1.29, 1.82) is 0 Å². The highest BCUT2D eigenvalue weighted by atomic mass is 16.6. The first kappa shape index (κ1) is 18.1. The maximum absolute atomic E-state index is 12.6.